The van der Waals surface area contributed by atoms with Crippen molar-refractivity contribution in [2.75, 3.05) is 6.61 Å². The predicted octanol–water partition coefficient (Wildman–Crippen LogP) is 0.104. The Morgan fingerprint density at radius 1 is 1.59 bits per heavy atom. The van der Waals surface area contributed by atoms with Crippen molar-refractivity contribution in [2.24, 2.45) is 0 Å². The highest BCUT2D eigenvalue weighted by Crippen LogP contribution is 2.28. The summed E-state index contributed by atoms with van der Waals surface area (Å²) >= 11 is 0. The van der Waals surface area contributed by atoms with Crippen LogP contribution in [0.15, 0.2) is 18.2 Å². The molecule has 0 spiro atoms. The van der Waals surface area contributed by atoms with Gasteiger partial charge in [-0.25, -0.2) is 0 Å². The van der Waals surface area contributed by atoms with Crippen LogP contribution in [0.3, 0.4) is 0 Å². The molecule has 90 valence electrons. The maximum Gasteiger partial charge on any atom is 0.492 e. The molecule has 2 rings (SSSR count). The molecule has 0 bridgehead atoms. The monoisotopic (exact) mass is 236 g/mol. The summed E-state index contributed by atoms with van der Waals surface area (Å²) < 4.78 is 10.1. The average Bonchev–Trinajstić information content (AvgIpc) is 2.56. The van der Waals surface area contributed by atoms with Crippen LogP contribution in [0.4, 0.5) is 0 Å². The minimum Gasteiger partial charge on any atom is -0.508 e. The van der Waals surface area contributed by atoms with Crippen LogP contribution in [0.5, 0.6) is 5.75 Å². The van der Waals surface area contributed by atoms with E-state index in [4.69, 9.17) is 9.39 Å². The van der Waals surface area contributed by atoms with Crippen LogP contribution >= 0.6 is 0 Å². The lowest BCUT2D eigenvalue weighted by Gasteiger charge is -2.11. The van der Waals surface area contributed by atoms with Crippen LogP contribution in [0, 0.1) is 0 Å². The van der Waals surface area contributed by atoms with E-state index in [0.717, 1.165) is 0 Å². The molecular formula is C11H13BO5. The first-order valence-corrected chi connectivity index (χ1v) is 5.43. The second-order valence-corrected chi connectivity index (χ2v) is 3.80. The number of carbonyl (C=O) groups is 1. The molecule has 6 heteroatoms. The van der Waals surface area contributed by atoms with E-state index in [0.29, 0.717) is 17.6 Å². The Kier molecular flexibility index (Phi) is 3.35. The SMILES string of the molecule is CCOC(=O)CC1OB(O)c2cc(O)ccc21. The molecule has 1 atom stereocenters. The minimum absolute atomic E-state index is 0.0582. The van der Waals surface area contributed by atoms with Crippen LogP contribution < -0.4 is 5.46 Å². The van der Waals surface area contributed by atoms with Crippen molar-refractivity contribution in [3.05, 3.63) is 23.8 Å². The number of fused-ring (bicyclic) bond motifs is 1. The summed E-state index contributed by atoms with van der Waals surface area (Å²) in [5.74, 6) is -0.311. The van der Waals surface area contributed by atoms with Gasteiger partial charge in [0.25, 0.3) is 0 Å². The molecule has 1 aromatic carbocycles. The Morgan fingerprint density at radius 2 is 2.35 bits per heavy atom. The zero-order chi connectivity index (χ0) is 12.4. The van der Waals surface area contributed by atoms with Crippen molar-refractivity contribution in [3.8, 4) is 5.75 Å². The standard InChI is InChI=1S/C11H13BO5/c1-2-16-11(14)6-10-8-4-3-7(13)5-9(8)12(15)17-10/h3-5,10,13,15H,2,6H2,1H3. The first-order valence-electron chi connectivity index (χ1n) is 5.43. The lowest BCUT2D eigenvalue weighted by molar-refractivity contribution is -0.145. The average molecular weight is 236 g/mol. The molecule has 0 aliphatic carbocycles. The summed E-state index contributed by atoms with van der Waals surface area (Å²) in [6.45, 7) is 2.05. The smallest absolute Gasteiger partial charge is 0.492 e. The Balaban J connectivity index is 2.16. The highest BCUT2D eigenvalue weighted by Gasteiger charge is 2.36. The third-order valence-corrected chi connectivity index (χ3v) is 2.63. The molecular weight excluding hydrogens is 223 g/mol. The van der Waals surface area contributed by atoms with Crippen LogP contribution in [0.25, 0.3) is 0 Å². The van der Waals surface area contributed by atoms with Crippen molar-refractivity contribution in [1.82, 2.24) is 0 Å². The van der Waals surface area contributed by atoms with Crippen molar-refractivity contribution in [2.45, 2.75) is 19.4 Å². The number of esters is 1. The Morgan fingerprint density at radius 3 is 3.06 bits per heavy atom. The highest BCUT2D eigenvalue weighted by atomic mass is 16.5. The van der Waals surface area contributed by atoms with Gasteiger partial charge in [-0.2, -0.15) is 0 Å². The van der Waals surface area contributed by atoms with Gasteiger partial charge in [-0.05, 0) is 30.1 Å². The molecule has 1 unspecified atom stereocenters. The van der Waals surface area contributed by atoms with E-state index < -0.39 is 13.2 Å². The van der Waals surface area contributed by atoms with E-state index >= 15 is 0 Å². The minimum atomic E-state index is -1.10. The lowest BCUT2D eigenvalue weighted by Crippen LogP contribution is -2.27. The summed E-state index contributed by atoms with van der Waals surface area (Å²) in [6.07, 6.45) is -0.456. The first kappa shape index (κ1) is 11.9. The fourth-order valence-corrected chi connectivity index (χ4v) is 1.90. The summed E-state index contributed by atoms with van der Waals surface area (Å²) in [5.41, 5.74) is 1.21. The van der Waals surface area contributed by atoms with Gasteiger partial charge in [-0.3, -0.25) is 4.79 Å². The molecule has 1 aromatic rings. The van der Waals surface area contributed by atoms with Gasteiger partial charge >= 0.3 is 13.1 Å². The normalized spacial score (nSPS) is 18.0. The van der Waals surface area contributed by atoms with Gasteiger partial charge in [-0.1, -0.05) is 6.07 Å². The number of carbonyl (C=O) groups excluding carboxylic acids is 1. The lowest BCUT2D eigenvalue weighted by atomic mass is 9.79. The van der Waals surface area contributed by atoms with E-state index in [2.05, 4.69) is 0 Å². The summed E-state index contributed by atoms with van der Waals surface area (Å²) in [5, 5.41) is 18.9. The highest BCUT2D eigenvalue weighted by molar-refractivity contribution is 6.61. The molecule has 17 heavy (non-hydrogen) atoms. The number of hydrogen-bond donors (Lipinski definition) is 2. The molecule has 0 aromatic heterocycles. The summed E-state index contributed by atoms with van der Waals surface area (Å²) in [4.78, 5) is 11.3. The van der Waals surface area contributed by atoms with Crippen molar-refractivity contribution < 1.29 is 24.3 Å². The maximum absolute atomic E-state index is 11.3. The Hall–Kier alpha value is -1.53. The second-order valence-electron chi connectivity index (χ2n) is 3.80. The number of ether oxygens (including phenoxy) is 1. The Labute approximate surface area is 99.1 Å². The maximum atomic E-state index is 11.3. The molecule has 1 aliphatic heterocycles. The van der Waals surface area contributed by atoms with E-state index in [-0.39, 0.29) is 18.1 Å². The fourth-order valence-electron chi connectivity index (χ4n) is 1.90. The first-order chi connectivity index (χ1) is 8.11. The van der Waals surface area contributed by atoms with Crippen molar-refractivity contribution in [1.29, 1.82) is 0 Å². The predicted molar refractivity (Wildman–Crippen MR) is 60.8 cm³/mol. The van der Waals surface area contributed by atoms with E-state index in [1.807, 2.05) is 0 Å². The third-order valence-electron chi connectivity index (χ3n) is 2.63. The Bertz CT molecular complexity index is 434. The molecule has 1 aliphatic rings. The van der Waals surface area contributed by atoms with Crippen LogP contribution in [-0.2, 0) is 14.2 Å². The van der Waals surface area contributed by atoms with Crippen LogP contribution in [0.2, 0.25) is 0 Å². The van der Waals surface area contributed by atoms with Gasteiger partial charge in [0.1, 0.15) is 5.75 Å². The largest absolute Gasteiger partial charge is 0.508 e. The zero-order valence-corrected chi connectivity index (χ0v) is 9.42. The second kappa shape index (κ2) is 4.77. The van der Waals surface area contributed by atoms with Gasteiger partial charge < -0.3 is 19.5 Å². The molecule has 0 saturated heterocycles. The van der Waals surface area contributed by atoms with Gasteiger partial charge in [0, 0.05) is 0 Å². The number of aromatic hydroxyl groups is 1. The fraction of sp³-hybridized carbons (Fsp3) is 0.364. The molecule has 0 amide bonds. The summed E-state index contributed by atoms with van der Waals surface area (Å²) in [6, 6.07) is 4.58. The molecule has 0 saturated carbocycles. The molecule has 0 radical (unpaired) electrons. The van der Waals surface area contributed by atoms with Crippen LogP contribution in [-0.4, -0.2) is 29.8 Å². The van der Waals surface area contributed by atoms with Gasteiger partial charge in [0.05, 0.1) is 19.1 Å². The molecule has 1 heterocycles. The van der Waals surface area contributed by atoms with Crippen molar-refractivity contribution in [3.63, 3.8) is 0 Å². The van der Waals surface area contributed by atoms with Crippen molar-refractivity contribution >= 4 is 18.6 Å². The van der Waals surface area contributed by atoms with E-state index in [1.165, 1.54) is 12.1 Å². The topological polar surface area (TPSA) is 76.0 Å². The van der Waals surface area contributed by atoms with Gasteiger partial charge in [0.15, 0.2) is 0 Å². The number of phenols is 1. The number of benzene rings is 1. The number of phenolic OH excluding ortho intramolecular Hbond substituents is 1. The van der Waals surface area contributed by atoms with E-state index in [9.17, 15) is 14.9 Å². The number of hydrogen-bond acceptors (Lipinski definition) is 5. The molecule has 2 N–H and O–H groups in total. The van der Waals surface area contributed by atoms with Crippen LogP contribution in [0.1, 0.15) is 25.0 Å². The molecule has 5 nitrogen and oxygen atoms in total. The third kappa shape index (κ3) is 2.43. The van der Waals surface area contributed by atoms with E-state index in [1.54, 1.807) is 13.0 Å². The molecule has 0 fully saturated rings. The zero-order valence-electron chi connectivity index (χ0n) is 9.42. The quantitative estimate of drug-likeness (QED) is 0.575. The number of rotatable bonds is 3. The van der Waals surface area contributed by atoms with Gasteiger partial charge in [-0.15, -0.1) is 0 Å². The summed E-state index contributed by atoms with van der Waals surface area (Å²) in [7, 11) is -1.10. The van der Waals surface area contributed by atoms with Gasteiger partial charge in [0.2, 0.25) is 0 Å².